The van der Waals surface area contributed by atoms with E-state index in [1.54, 1.807) is 0 Å². The molecule has 0 saturated heterocycles. The van der Waals surface area contributed by atoms with Gasteiger partial charge in [0.25, 0.3) is 0 Å². The molecule has 6 heteroatoms. The molecule has 0 radical (unpaired) electrons. The SMILES string of the molecule is CC/C=C\C/C=C\CCCCCCCCCC(=O)OCC(COC(=O)CCCCCCC/C=C\CCCCCCCCCCC)OC(=O)CCCCCCC/C=C\CCCCCCCCCCC. The smallest absolute Gasteiger partial charge is 0.306 e. The summed E-state index contributed by atoms with van der Waals surface area (Å²) in [6.07, 6.45) is 69.6. The van der Waals surface area contributed by atoms with Crippen LogP contribution in [-0.2, 0) is 28.6 Å². The molecule has 0 aromatic carbocycles. The molecule has 0 aliphatic heterocycles. The van der Waals surface area contributed by atoms with Crippen molar-refractivity contribution in [1.82, 2.24) is 0 Å². The van der Waals surface area contributed by atoms with E-state index >= 15 is 0 Å². The van der Waals surface area contributed by atoms with Crippen LogP contribution in [0.3, 0.4) is 0 Å². The van der Waals surface area contributed by atoms with E-state index in [9.17, 15) is 14.4 Å². The van der Waals surface area contributed by atoms with Crippen molar-refractivity contribution in [3.8, 4) is 0 Å². The average Bonchev–Trinajstić information content (AvgIpc) is 3.34. The van der Waals surface area contributed by atoms with Crippen LogP contribution in [0.1, 0.15) is 310 Å². The molecule has 0 saturated carbocycles. The molecule has 0 fully saturated rings. The third-order valence-electron chi connectivity index (χ3n) is 13.0. The number of carbonyl (C=O) groups excluding carboxylic acids is 3. The van der Waals surface area contributed by atoms with Crippen LogP contribution in [0.15, 0.2) is 48.6 Å². The highest BCUT2D eigenvalue weighted by Crippen LogP contribution is 2.16. The quantitative estimate of drug-likeness (QED) is 0.0262. The lowest BCUT2D eigenvalue weighted by Gasteiger charge is -2.18. The molecule has 0 N–H and O–H groups in total. The van der Waals surface area contributed by atoms with Crippen LogP contribution < -0.4 is 0 Å². The number of hydrogen-bond donors (Lipinski definition) is 0. The van der Waals surface area contributed by atoms with Crippen LogP contribution in [0, 0.1) is 0 Å². The lowest BCUT2D eigenvalue weighted by molar-refractivity contribution is -0.167. The van der Waals surface area contributed by atoms with Crippen molar-refractivity contribution in [3.63, 3.8) is 0 Å². The molecule has 0 amide bonds. The fourth-order valence-electron chi connectivity index (χ4n) is 8.59. The van der Waals surface area contributed by atoms with E-state index in [1.165, 1.54) is 173 Å². The Hall–Kier alpha value is -2.63. The van der Waals surface area contributed by atoms with Crippen molar-refractivity contribution < 1.29 is 28.6 Å². The maximum Gasteiger partial charge on any atom is 0.306 e. The van der Waals surface area contributed by atoms with Gasteiger partial charge < -0.3 is 14.2 Å². The minimum atomic E-state index is -0.784. The average molecular weight is 954 g/mol. The van der Waals surface area contributed by atoms with E-state index < -0.39 is 6.10 Å². The summed E-state index contributed by atoms with van der Waals surface area (Å²) in [5, 5.41) is 0. The molecular weight excluding hydrogens is 841 g/mol. The lowest BCUT2D eigenvalue weighted by Crippen LogP contribution is -2.30. The summed E-state index contributed by atoms with van der Waals surface area (Å²) < 4.78 is 16.9. The highest BCUT2D eigenvalue weighted by molar-refractivity contribution is 5.71. The number of ether oxygens (including phenoxy) is 3. The molecule has 0 bridgehead atoms. The Bertz CT molecular complexity index is 1190. The van der Waals surface area contributed by atoms with E-state index in [2.05, 4.69) is 69.4 Å². The first-order valence-electron chi connectivity index (χ1n) is 29.6. The Kier molecular flexibility index (Phi) is 54.8. The maximum atomic E-state index is 12.9. The Morgan fingerprint density at radius 3 is 0.897 bits per heavy atom. The molecule has 6 nitrogen and oxygen atoms in total. The summed E-state index contributed by atoms with van der Waals surface area (Å²) in [7, 11) is 0. The van der Waals surface area contributed by atoms with Crippen LogP contribution in [0.4, 0.5) is 0 Å². The first kappa shape index (κ1) is 65.4. The van der Waals surface area contributed by atoms with Gasteiger partial charge in [-0.15, -0.1) is 0 Å². The summed E-state index contributed by atoms with van der Waals surface area (Å²) >= 11 is 0. The fourth-order valence-corrected chi connectivity index (χ4v) is 8.59. The second kappa shape index (κ2) is 57.0. The summed E-state index contributed by atoms with van der Waals surface area (Å²) in [6, 6.07) is 0. The topological polar surface area (TPSA) is 78.9 Å². The fraction of sp³-hybridized carbons (Fsp3) is 0.823. The highest BCUT2D eigenvalue weighted by Gasteiger charge is 2.19. The zero-order valence-corrected chi connectivity index (χ0v) is 45.4. The van der Waals surface area contributed by atoms with Crippen LogP contribution in [0.5, 0.6) is 0 Å². The summed E-state index contributed by atoms with van der Waals surface area (Å²) in [4.78, 5) is 38.2. The lowest BCUT2D eigenvalue weighted by atomic mass is 10.1. The summed E-state index contributed by atoms with van der Waals surface area (Å²) in [5.41, 5.74) is 0. The molecule has 0 heterocycles. The minimum absolute atomic E-state index is 0.0818. The molecule has 0 aliphatic carbocycles. The molecule has 1 atom stereocenters. The second-order valence-corrected chi connectivity index (χ2v) is 19.9. The molecule has 0 aromatic rings. The third kappa shape index (κ3) is 54.3. The highest BCUT2D eigenvalue weighted by atomic mass is 16.6. The van der Waals surface area contributed by atoms with Gasteiger partial charge in [0.1, 0.15) is 13.2 Å². The monoisotopic (exact) mass is 953 g/mol. The standard InChI is InChI=1S/C62H112O6/c1-4-7-10-13-16-19-22-25-28-30-32-34-37-40-43-46-49-52-55-61(64)67-58-59(57-66-60(63)54-51-48-45-42-39-36-27-24-21-18-15-12-9-6-3)68-62(65)56-53-50-47-44-41-38-35-33-31-29-26-23-20-17-14-11-8-5-2/h9,12,18,21,32-35,59H,4-8,10-11,13-17,19-20,22-31,36-58H2,1-3H3/b12-9-,21-18-,34-32-,35-33-. The van der Waals surface area contributed by atoms with Crippen molar-refractivity contribution in [2.45, 2.75) is 316 Å². The minimum Gasteiger partial charge on any atom is -0.462 e. The predicted molar refractivity (Wildman–Crippen MR) is 293 cm³/mol. The van der Waals surface area contributed by atoms with Crippen LogP contribution in [0.2, 0.25) is 0 Å². The number of carbonyl (C=O) groups is 3. The van der Waals surface area contributed by atoms with Crippen molar-refractivity contribution in [2.75, 3.05) is 13.2 Å². The zero-order valence-electron chi connectivity index (χ0n) is 45.4. The molecule has 1 unspecified atom stereocenters. The number of unbranched alkanes of at least 4 members (excludes halogenated alkanes) is 35. The first-order chi connectivity index (χ1) is 33.5. The Balaban J connectivity index is 4.37. The van der Waals surface area contributed by atoms with Gasteiger partial charge in [-0.2, -0.15) is 0 Å². The molecule has 396 valence electrons. The van der Waals surface area contributed by atoms with Gasteiger partial charge in [-0.3, -0.25) is 14.4 Å². The van der Waals surface area contributed by atoms with Gasteiger partial charge >= 0.3 is 17.9 Å². The zero-order chi connectivity index (χ0) is 49.3. The second-order valence-electron chi connectivity index (χ2n) is 19.9. The van der Waals surface area contributed by atoms with Crippen molar-refractivity contribution in [3.05, 3.63) is 48.6 Å². The van der Waals surface area contributed by atoms with Crippen molar-refractivity contribution in [1.29, 1.82) is 0 Å². The molecule has 0 aliphatic rings. The molecular formula is C62H112O6. The van der Waals surface area contributed by atoms with Crippen LogP contribution in [-0.4, -0.2) is 37.2 Å². The third-order valence-corrected chi connectivity index (χ3v) is 13.0. The summed E-state index contributed by atoms with van der Waals surface area (Å²) in [5.74, 6) is -0.892. The molecule has 0 spiro atoms. The van der Waals surface area contributed by atoms with Gasteiger partial charge in [-0.1, -0.05) is 243 Å². The largest absolute Gasteiger partial charge is 0.462 e. The van der Waals surface area contributed by atoms with E-state index in [0.29, 0.717) is 19.3 Å². The van der Waals surface area contributed by atoms with E-state index in [1.807, 2.05) is 0 Å². The van der Waals surface area contributed by atoms with Crippen molar-refractivity contribution in [2.24, 2.45) is 0 Å². The normalized spacial score (nSPS) is 12.3. The Morgan fingerprint density at radius 1 is 0.309 bits per heavy atom. The first-order valence-corrected chi connectivity index (χ1v) is 29.6. The summed E-state index contributed by atoms with van der Waals surface area (Å²) in [6.45, 7) is 6.55. The number of allylic oxidation sites excluding steroid dienone is 8. The molecule has 0 aromatic heterocycles. The van der Waals surface area contributed by atoms with Gasteiger partial charge in [-0.05, 0) is 96.3 Å². The number of hydrogen-bond acceptors (Lipinski definition) is 6. The van der Waals surface area contributed by atoms with Gasteiger partial charge in [-0.25, -0.2) is 0 Å². The predicted octanol–water partition coefficient (Wildman–Crippen LogP) is 19.8. The van der Waals surface area contributed by atoms with E-state index in [4.69, 9.17) is 14.2 Å². The maximum absolute atomic E-state index is 12.9. The van der Waals surface area contributed by atoms with E-state index in [0.717, 1.165) is 96.3 Å². The van der Waals surface area contributed by atoms with Gasteiger partial charge in [0.15, 0.2) is 6.10 Å². The van der Waals surface area contributed by atoms with Crippen molar-refractivity contribution >= 4 is 17.9 Å². The molecule has 0 rings (SSSR count). The van der Waals surface area contributed by atoms with Crippen LogP contribution >= 0.6 is 0 Å². The van der Waals surface area contributed by atoms with Gasteiger partial charge in [0.2, 0.25) is 0 Å². The van der Waals surface area contributed by atoms with Crippen LogP contribution in [0.25, 0.3) is 0 Å². The van der Waals surface area contributed by atoms with Gasteiger partial charge in [0, 0.05) is 19.3 Å². The Labute approximate surface area is 422 Å². The number of rotatable bonds is 54. The molecule has 68 heavy (non-hydrogen) atoms. The van der Waals surface area contributed by atoms with Gasteiger partial charge in [0.05, 0.1) is 0 Å². The van der Waals surface area contributed by atoms with E-state index in [-0.39, 0.29) is 31.1 Å². The number of esters is 3. The Morgan fingerprint density at radius 2 is 0.574 bits per heavy atom.